The molecule has 0 saturated heterocycles. The summed E-state index contributed by atoms with van der Waals surface area (Å²) in [5.74, 6) is -4.23. The van der Waals surface area contributed by atoms with Crippen LogP contribution >= 0.6 is 0 Å². The first-order chi connectivity index (χ1) is 10.7. The molecule has 1 N–H and O–H groups in total. The number of methoxy groups -OCH3 is 1. The third-order valence-electron chi connectivity index (χ3n) is 2.82. The van der Waals surface area contributed by atoms with Crippen LogP contribution in [0.2, 0.25) is 0 Å². The Morgan fingerprint density at radius 3 is 1.88 bits per heavy atom. The first kappa shape index (κ1) is 30.7. The zero-order valence-corrected chi connectivity index (χ0v) is 21.6. The van der Waals surface area contributed by atoms with Crippen LogP contribution < -0.4 is 119 Å². The average molecular weight is 392 g/mol. The molecule has 0 aromatic heterocycles. The van der Waals surface area contributed by atoms with Gasteiger partial charge in [0.1, 0.15) is 0 Å². The molecular formula is C14H15N2Na3O7. The molecule has 0 bridgehead atoms. The number of carboxylic acids is 3. The number of aryl methyl sites for hydroxylation is 1. The van der Waals surface area contributed by atoms with E-state index in [1.807, 2.05) is 0 Å². The van der Waals surface area contributed by atoms with Crippen LogP contribution in [0.15, 0.2) is 12.1 Å². The Bertz CT molecular complexity index is 613. The summed E-state index contributed by atoms with van der Waals surface area (Å²) >= 11 is 0. The van der Waals surface area contributed by atoms with E-state index in [1.54, 1.807) is 13.0 Å². The van der Waals surface area contributed by atoms with E-state index in [9.17, 15) is 29.7 Å². The Labute approximate surface area is 217 Å². The van der Waals surface area contributed by atoms with Crippen molar-refractivity contribution in [1.82, 2.24) is 0 Å². The van der Waals surface area contributed by atoms with Crippen molar-refractivity contribution in [3.63, 3.8) is 0 Å². The van der Waals surface area contributed by atoms with Crippen molar-refractivity contribution in [2.75, 3.05) is 37.0 Å². The van der Waals surface area contributed by atoms with Crippen molar-refractivity contribution in [3.8, 4) is 5.75 Å². The predicted octanol–water partition coefficient (Wildman–Crippen LogP) is -12.5. The van der Waals surface area contributed by atoms with E-state index in [4.69, 9.17) is 4.74 Å². The van der Waals surface area contributed by atoms with E-state index in [2.05, 4.69) is 5.32 Å². The molecular weight excluding hydrogens is 377 g/mol. The van der Waals surface area contributed by atoms with Crippen LogP contribution in [0.1, 0.15) is 5.56 Å². The van der Waals surface area contributed by atoms with Gasteiger partial charge in [0, 0.05) is 0 Å². The summed E-state index contributed by atoms with van der Waals surface area (Å²) in [6.45, 7) is -0.231. The van der Waals surface area contributed by atoms with Gasteiger partial charge in [-0.05, 0) is 24.6 Å². The number of nitrogens with zero attached hydrogens (tertiary/aromatic N) is 1. The average Bonchev–Trinajstić information content (AvgIpc) is 2.42. The number of rotatable bonds is 9. The SMILES string of the molecule is COc1c(NCC(=O)[O-])cc(C)cc1N(CC(=O)[O-])CC(=O)[O-].[Na+].[Na+].[Na+]. The van der Waals surface area contributed by atoms with Crippen molar-refractivity contribution < 1.29 is 123 Å². The van der Waals surface area contributed by atoms with Crippen LogP contribution in [0.25, 0.3) is 0 Å². The summed E-state index contributed by atoms with van der Waals surface area (Å²) in [6, 6.07) is 3.08. The zero-order chi connectivity index (χ0) is 17.6. The van der Waals surface area contributed by atoms with Gasteiger partial charge in [0.05, 0.1) is 56.0 Å². The second kappa shape index (κ2) is 15.0. The Balaban J connectivity index is -0.00000176. The zero-order valence-electron chi connectivity index (χ0n) is 15.6. The Morgan fingerprint density at radius 2 is 1.50 bits per heavy atom. The van der Waals surface area contributed by atoms with Gasteiger partial charge in [-0.3, -0.25) is 0 Å². The maximum Gasteiger partial charge on any atom is 1.00 e. The summed E-state index contributed by atoms with van der Waals surface area (Å²) in [6.07, 6.45) is 0. The standard InChI is InChI=1S/C14H18N2O7.3Na/c1-8-3-9(15-5-11(17)18)14(23-2)10(4-8)16(6-12(19)20)7-13(21)22;;;/h3-4,15H,5-7H2,1-2H3,(H,17,18)(H,19,20)(H,21,22);;;/q;3*+1/p-3. The number of carbonyl (C=O) groups excluding carboxylic acids is 3. The third-order valence-corrected chi connectivity index (χ3v) is 2.82. The minimum atomic E-state index is -1.49. The molecule has 0 aliphatic carbocycles. The number of benzene rings is 1. The number of anilines is 2. The van der Waals surface area contributed by atoms with Gasteiger partial charge in [-0.25, -0.2) is 0 Å². The molecule has 126 valence electrons. The van der Waals surface area contributed by atoms with E-state index < -0.39 is 37.5 Å². The van der Waals surface area contributed by atoms with Crippen LogP contribution in [0.4, 0.5) is 11.4 Å². The number of hydrogen-bond donors (Lipinski definition) is 1. The smallest absolute Gasteiger partial charge is 0.548 e. The molecule has 1 aromatic rings. The molecule has 0 saturated carbocycles. The van der Waals surface area contributed by atoms with Crippen molar-refractivity contribution >= 4 is 29.3 Å². The summed E-state index contributed by atoms with van der Waals surface area (Å²) in [4.78, 5) is 33.2. The summed E-state index contributed by atoms with van der Waals surface area (Å²) in [5.41, 5.74) is 1.04. The van der Waals surface area contributed by atoms with Gasteiger partial charge in [-0.1, -0.05) is 0 Å². The van der Waals surface area contributed by atoms with Crippen molar-refractivity contribution in [2.24, 2.45) is 0 Å². The van der Waals surface area contributed by atoms with Gasteiger partial charge in [0.25, 0.3) is 0 Å². The molecule has 12 heteroatoms. The second-order valence-electron chi connectivity index (χ2n) is 4.69. The molecule has 1 aromatic carbocycles. The first-order valence-corrected chi connectivity index (χ1v) is 6.51. The molecule has 0 unspecified atom stereocenters. The van der Waals surface area contributed by atoms with Gasteiger partial charge in [0.2, 0.25) is 0 Å². The largest absolute Gasteiger partial charge is 1.00 e. The maximum absolute atomic E-state index is 10.8. The minimum Gasteiger partial charge on any atom is -0.548 e. The molecule has 0 fully saturated rings. The minimum absolute atomic E-state index is 0. The van der Waals surface area contributed by atoms with Gasteiger partial charge in [0.15, 0.2) is 5.75 Å². The molecule has 0 radical (unpaired) electrons. The molecule has 0 atom stereocenters. The van der Waals surface area contributed by atoms with Crippen LogP contribution in [0, 0.1) is 6.92 Å². The third kappa shape index (κ3) is 10.4. The molecule has 26 heavy (non-hydrogen) atoms. The normalized spacial score (nSPS) is 8.85. The molecule has 0 aliphatic heterocycles. The van der Waals surface area contributed by atoms with E-state index in [1.165, 1.54) is 13.2 Å². The molecule has 0 amide bonds. The summed E-state index contributed by atoms with van der Waals surface area (Å²) < 4.78 is 5.16. The van der Waals surface area contributed by atoms with Crippen molar-refractivity contribution in [1.29, 1.82) is 0 Å². The fourth-order valence-electron chi connectivity index (χ4n) is 2.04. The fraction of sp³-hybridized carbons (Fsp3) is 0.357. The van der Waals surface area contributed by atoms with Gasteiger partial charge >= 0.3 is 88.7 Å². The van der Waals surface area contributed by atoms with Crippen LogP contribution in [-0.2, 0) is 14.4 Å². The second-order valence-corrected chi connectivity index (χ2v) is 4.69. The van der Waals surface area contributed by atoms with E-state index >= 15 is 0 Å². The Kier molecular flexibility index (Phi) is 17.8. The summed E-state index contributed by atoms with van der Waals surface area (Å²) in [5, 5.41) is 34.8. The topological polar surface area (TPSA) is 145 Å². The molecule has 0 aliphatic rings. The Hall–Kier alpha value is 0.0300. The predicted molar refractivity (Wildman–Crippen MR) is 73.5 cm³/mol. The van der Waals surface area contributed by atoms with E-state index in [0.29, 0.717) is 5.56 Å². The quantitative estimate of drug-likeness (QED) is 0.405. The van der Waals surface area contributed by atoms with Crippen LogP contribution in [0.5, 0.6) is 5.75 Å². The van der Waals surface area contributed by atoms with Gasteiger partial charge in [-0.2, -0.15) is 0 Å². The Morgan fingerprint density at radius 1 is 1.00 bits per heavy atom. The number of carboxylic acid groups (broad SMARTS) is 3. The molecule has 0 spiro atoms. The van der Waals surface area contributed by atoms with Crippen molar-refractivity contribution in [2.45, 2.75) is 6.92 Å². The number of aliphatic carboxylic acids is 3. The maximum atomic E-state index is 10.8. The number of carbonyl (C=O) groups is 3. The van der Waals surface area contributed by atoms with Gasteiger partial charge < -0.3 is 44.7 Å². The number of ether oxygens (including phenoxy) is 1. The number of nitrogens with one attached hydrogen (secondary N) is 1. The molecule has 1 rings (SSSR count). The summed E-state index contributed by atoms with van der Waals surface area (Å²) in [7, 11) is 1.29. The van der Waals surface area contributed by atoms with E-state index in [-0.39, 0.29) is 106 Å². The van der Waals surface area contributed by atoms with Crippen molar-refractivity contribution in [3.05, 3.63) is 17.7 Å². The fourth-order valence-corrected chi connectivity index (χ4v) is 2.04. The monoisotopic (exact) mass is 392 g/mol. The molecule has 0 heterocycles. The van der Waals surface area contributed by atoms with Gasteiger partial charge in [-0.15, -0.1) is 0 Å². The van der Waals surface area contributed by atoms with E-state index in [0.717, 1.165) is 4.90 Å². The number of hydrogen-bond acceptors (Lipinski definition) is 9. The molecule has 9 nitrogen and oxygen atoms in total. The van der Waals surface area contributed by atoms with Crippen LogP contribution in [0.3, 0.4) is 0 Å². The first-order valence-electron chi connectivity index (χ1n) is 6.51. The van der Waals surface area contributed by atoms with Crippen LogP contribution in [-0.4, -0.2) is 44.7 Å².